The van der Waals surface area contributed by atoms with E-state index in [4.69, 9.17) is 0 Å². The average molecular weight is 210 g/mol. The van der Waals surface area contributed by atoms with E-state index in [2.05, 4.69) is 15.5 Å². The molecule has 6 heteroatoms. The molecule has 0 spiro atoms. The molecular formula is C9H14N4O2. The number of hydrogen-bond acceptors (Lipinski definition) is 4. The van der Waals surface area contributed by atoms with Crippen LogP contribution >= 0.6 is 0 Å². The van der Waals surface area contributed by atoms with Crippen molar-refractivity contribution in [3.8, 4) is 0 Å². The molecule has 15 heavy (non-hydrogen) atoms. The number of H-pyrrole nitrogens is 1. The Bertz CT molecular complexity index is 344. The zero-order chi connectivity index (χ0) is 10.7. The van der Waals surface area contributed by atoms with Gasteiger partial charge in [0, 0.05) is 0 Å². The first kappa shape index (κ1) is 10.1. The highest BCUT2D eigenvalue weighted by molar-refractivity contribution is 5.20. The molecule has 0 atom stereocenters. The van der Waals surface area contributed by atoms with Crippen molar-refractivity contribution in [2.24, 2.45) is 5.92 Å². The van der Waals surface area contributed by atoms with Crippen LogP contribution in [0.1, 0.15) is 18.5 Å². The van der Waals surface area contributed by atoms with E-state index in [1.807, 2.05) is 0 Å². The zero-order valence-corrected chi connectivity index (χ0v) is 8.40. The van der Waals surface area contributed by atoms with E-state index in [1.54, 1.807) is 0 Å². The number of aromatic amines is 1. The monoisotopic (exact) mass is 210 g/mol. The zero-order valence-electron chi connectivity index (χ0n) is 8.40. The maximum absolute atomic E-state index is 10.4. The van der Waals surface area contributed by atoms with Crippen LogP contribution in [0, 0.1) is 16.0 Å². The minimum Gasteiger partial charge on any atom is -0.358 e. The normalized spacial score (nSPS) is 17.9. The van der Waals surface area contributed by atoms with Crippen LogP contribution in [-0.4, -0.2) is 28.2 Å². The van der Waals surface area contributed by atoms with Crippen molar-refractivity contribution < 1.29 is 4.92 Å². The van der Waals surface area contributed by atoms with Crippen molar-refractivity contribution in [2.75, 3.05) is 13.1 Å². The summed E-state index contributed by atoms with van der Waals surface area (Å²) in [5.41, 5.74) is 0.800. The minimum absolute atomic E-state index is 0.0149. The lowest BCUT2D eigenvalue weighted by Crippen LogP contribution is -2.28. The quantitative estimate of drug-likeness (QED) is 0.572. The Morgan fingerprint density at radius 2 is 2.27 bits per heavy atom. The van der Waals surface area contributed by atoms with Gasteiger partial charge in [-0.05, 0) is 43.2 Å². The van der Waals surface area contributed by atoms with Crippen LogP contribution in [0.25, 0.3) is 0 Å². The molecule has 1 aromatic heterocycles. The molecule has 2 heterocycles. The highest BCUT2D eigenvalue weighted by Gasteiger charge is 2.17. The van der Waals surface area contributed by atoms with E-state index in [1.165, 1.54) is 6.07 Å². The van der Waals surface area contributed by atoms with Crippen LogP contribution in [0.2, 0.25) is 0 Å². The topological polar surface area (TPSA) is 83.8 Å². The molecule has 2 N–H and O–H groups in total. The highest BCUT2D eigenvalue weighted by Crippen LogP contribution is 2.18. The molecule has 1 fully saturated rings. The first-order valence-electron chi connectivity index (χ1n) is 5.15. The Balaban J connectivity index is 1.94. The van der Waals surface area contributed by atoms with Crippen molar-refractivity contribution in [3.05, 3.63) is 21.9 Å². The van der Waals surface area contributed by atoms with Gasteiger partial charge in [-0.2, -0.15) is 0 Å². The van der Waals surface area contributed by atoms with Crippen LogP contribution in [0.5, 0.6) is 0 Å². The van der Waals surface area contributed by atoms with Gasteiger partial charge in [0.25, 0.3) is 0 Å². The van der Waals surface area contributed by atoms with Crippen LogP contribution in [0.3, 0.4) is 0 Å². The number of rotatable bonds is 3. The van der Waals surface area contributed by atoms with E-state index < -0.39 is 4.92 Å². The molecule has 1 aliphatic rings. The summed E-state index contributed by atoms with van der Waals surface area (Å²) < 4.78 is 0. The number of nitro groups is 1. The summed E-state index contributed by atoms with van der Waals surface area (Å²) >= 11 is 0. The summed E-state index contributed by atoms with van der Waals surface area (Å²) in [6.07, 6.45) is 3.09. The molecule has 0 aliphatic carbocycles. The molecule has 0 saturated carbocycles. The van der Waals surface area contributed by atoms with Gasteiger partial charge < -0.3 is 15.4 Å². The molecule has 0 amide bonds. The molecular weight excluding hydrogens is 196 g/mol. The Labute approximate surface area is 87.2 Å². The molecule has 2 rings (SSSR count). The van der Waals surface area contributed by atoms with Crippen molar-refractivity contribution in [1.82, 2.24) is 15.5 Å². The van der Waals surface area contributed by atoms with E-state index in [9.17, 15) is 10.1 Å². The first-order chi connectivity index (χ1) is 7.25. The molecule has 0 unspecified atom stereocenters. The largest absolute Gasteiger partial charge is 0.358 e. The fraction of sp³-hybridized carbons (Fsp3) is 0.667. The molecule has 0 radical (unpaired) electrons. The van der Waals surface area contributed by atoms with Crippen molar-refractivity contribution in [3.63, 3.8) is 0 Å². The fourth-order valence-corrected chi connectivity index (χ4v) is 1.93. The second kappa shape index (κ2) is 4.39. The van der Waals surface area contributed by atoms with Gasteiger partial charge in [-0.3, -0.25) is 0 Å². The number of nitrogens with zero attached hydrogens (tertiary/aromatic N) is 2. The Morgan fingerprint density at radius 3 is 2.87 bits per heavy atom. The maximum atomic E-state index is 10.4. The third-order valence-corrected chi connectivity index (χ3v) is 2.77. The second-order valence-electron chi connectivity index (χ2n) is 3.90. The summed E-state index contributed by atoms with van der Waals surface area (Å²) in [6, 6.07) is 1.53. The molecule has 1 saturated heterocycles. The molecule has 6 nitrogen and oxygen atoms in total. The van der Waals surface area contributed by atoms with Gasteiger partial charge in [0.05, 0.1) is 11.8 Å². The SMILES string of the molecule is O=[N+]([O-])c1cc(CC2CCNCC2)n[nH]1. The maximum Gasteiger partial charge on any atom is 0.342 e. The number of aromatic nitrogens is 2. The van der Waals surface area contributed by atoms with Crippen molar-refractivity contribution >= 4 is 5.82 Å². The lowest BCUT2D eigenvalue weighted by atomic mass is 9.93. The standard InChI is InChI=1S/C9H14N4O2/c14-13(15)9-6-8(11-12-9)5-7-1-3-10-4-2-7/h6-7,10H,1-5H2,(H,11,12). The van der Waals surface area contributed by atoms with Gasteiger partial charge in [0.2, 0.25) is 0 Å². The highest BCUT2D eigenvalue weighted by atomic mass is 16.6. The summed E-state index contributed by atoms with van der Waals surface area (Å²) in [5.74, 6) is 0.591. The van der Waals surface area contributed by atoms with Gasteiger partial charge >= 0.3 is 5.82 Å². The van der Waals surface area contributed by atoms with Gasteiger partial charge in [-0.1, -0.05) is 5.10 Å². The smallest absolute Gasteiger partial charge is 0.342 e. The molecule has 0 bridgehead atoms. The summed E-state index contributed by atoms with van der Waals surface area (Å²) in [6.45, 7) is 2.08. The van der Waals surface area contributed by atoms with Crippen LogP contribution in [0.4, 0.5) is 5.82 Å². The summed E-state index contributed by atoms with van der Waals surface area (Å²) in [7, 11) is 0. The summed E-state index contributed by atoms with van der Waals surface area (Å²) in [4.78, 5) is 9.99. The third kappa shape index (κ3) is 2.53. The van der Waals surface area contributed by atoms with E-state index in [0.717, 1.165) is 38.0 Å². The molecule has 1 aromatic rings. The predicted octanol–water partition coefficient (Wildman–Crippen LogP) is 0.860. The van der Waals surface area contributed by atoms with Crippen LogP contribution < -0.4 is 5.32 Å². The van der Waals surface area contributed by atoms with Crippen LogP contribution in [0.15, 0.2) is 6.07 Å². The van der Waals surface area contributed by atoms with Crippen LogP contribution in [-0.2, 0) is 6.42 Å². The van der Waals surface area contributed by atoms with Crippen molar-refractivity contribution in [2.45, 2.75) is 19.3 Å². The summed E-state index contributed by atoms with van der Waals surface area (Å²) in [5, 5.41) is 20.1. The minimum atomic E-state index is -0.446. The fourth-order valence-electron chi connectivity index (χ4n) is 1.93. The van der Waals surface area contributed by atoms with Gasteiger partial charge in [-0.25, -0.2) is 0 Å². The predicted molar refractivity (Wildman–Crippen MR) is 54.5 cm³/mol. The lowest BCUT2D eigenvalue weighted by Gasteiger charge is -2.21. The van der Waals surface area contributed by atoms with Gasteiger partial charge in [-0.15, -0.1) is 5.10 Å². The van der Waals surface area contributed by atoms with E-state index >= 15 is 0 Å². The Hall–Kier alpha value is -1.43. The number of piperidine rings is 1. The third-order valence-electron chi connectivity index (χ3n) is 2.77. The van der Waals surface area contributed by atoms with E-state index in [0.29, 0.717) is 5.92 Å². The molecule has 0 aromatic carbocycles. The number of nitrogens with one attached hydrogen (secondary N) is 2. The second-order valence-corrected chi connectivity index (χ2v) is 3.90. The number of hydrogen-bond donors (Lipinski definition) is 2. The van der Waals surface area contributed by atoms with Crippen molar-refractivity contribution in [1.29, 1.82) is 0 Å². The first-order valence-corrected chi connectivity index (χ1v) is 5.15. The van der Waals surface area contributed by atoms with Gasteiger partial charge in [0.15, 0.2) is 0 Å². The van der Waals surface area contributed by atoms with Gasteiger partial charge in [0.1, 0.15) is 0 Å². The Kier molecular flexibility index (Phi) is 2.96. The average Bonchev–Trinajstić information content (AvgIpc) is 2.68. The lowest BCUT2D eigenvalue weighted by molar-refractivity contribution is -0.389. The molecule has 1 aliphatic heterocycles. The molecule has 82 valence electrons. The van der Waals surface area contributed by atoms with E-state index in [-0.39, 0.29) is 5.82 Å². The Morgan fingerprint density at radius 1 is 1.53 bits per heavy atom.